The Hall–Kier alpha value is -1.30. The molecular weight excluding hydrogens is 262 g/mol. The van der Waals surface area contributed by atoms with Gasteiger partial charge in [-0.2, -0.15) is 0 Å². The average molecular weight is 289 g/mol. The smallest absolute Gasteiger partial charge is 0.410 e. The van der Waals surface area contributed by atoms with Gasteiger partial charge in [0.1, 0.15) is 5.60 Å². The number of aliphatic carboxylic acids is 1. The van der Waals surface area contributed by atoms with Gasteiger partial charge in [-0.25, -0.2) is 9.59 Å². The second-order valence-electron chi connectivity index (χ2n) is 6.72. The van der Waals surface area contributed by atoms with Crippen LogP contribution in [0, 0.1) is 0 Å². The zero-order chi connectivity index (χ0) is 16.2. The molecule has 0 aliphatic rings. The quantitative estimate of drug-likeness (QED) is 0.760. The van der Waals surface area contributed by atoms with Gasteiger partial charge in [-0.3, -0.25) is 5.32 Å². The van der Waals surface area contributed by atoms with Gasteiger partial charge in [-0.1, -0.05) is 13.3 Å². The summed E-state index contributed by atoms with van der Waals surface area (Å²) in [6.45, 7) is 12.1. The average Bonchev–Trinajstić information content (AvgIpc) is 2.10. The minimum Gasteiger partial charge on any atom is -0.478 e. The molecule has 1 unspecified atom stereocenters. The minimum absolute atomic E-state index is 0.152. The van der Waals surface area contributed by atoms with Gasteiger partial charge in [-0.15, -0.1) is 0 Å². The van der Waals surface area contributed by atoms with Crippen molar-refractivity contribution in [1.82, 2.24) is 5.32 Å². The van der Waals surface area contributed by atoms with Crippen molar-refractivity contribution in [2.24, 2.45) is 0 Å². The van der Waals surface area contributed by atoms with Crippen LogP contribution in [0.4, 0.5) is 4.79 Å². The second-order valence-corrected chi connectivity index (χ2v) is 6.72. The number of alkyl carbamates (subject to hydrolysis) is 1. The molecular formula is C14H27NO5. The Bertz CT molecular complexity index is 354. The number of nitrogens with one attached hydrogen (secondary N) is 1. The molecule has 1 atom stereocenters. The molecule has 0 rings (SSSR count). The van der Waals surface area contributed by atoms with E-state index in [-0.39, 0.29) is 6.42 Å². The van der Waals surface area contributed by atoms with Crippen LogP contribution in [0.2, 0.25) is 0 Å². The van der Waals surface area contributed by atoms with Crippen molar-refractivity contribution in [2.45, 2.75) is 78.2 Å². The molecule has 20 heavy (non-hydrogen) atoms. The molecule has 0 aromatic heterocycles. The summed E-state index contributed by atoms with van der Waals surface area (Å²) < 4.78 is 10.7. The van der Waals surface area contributed by atoms with Crippen molar-refractivity contribution in [3.8, 4) is 0 Å². The molecule has 0 bridgehead atoms. The predicted molar refractivity (Wildman–Crippen MR) is 75.5 cm³/mol. The van der Waals surface area contributed by atoms with E-state index in [1.807, 2.05) is 6.92 Å². The number of carboxylic acids is 1. The van der Waals surface area contributed by atoms with Gasteiger partial charge < -0.3 is 14.6 Å². The van der Waals surface area contributed by atoms with Gasteiger partial charge in [0.2, 0.25) is 5.72 Å². The first-order chi connectivity index (χ1) is 8.81. The molecule has 6 heteroatoms. The molecule has 1 amide bonds. The molecule has 0 spiro atoms. The predicted octanol–water partition coefficient (Wildman–Crippen LogP) is 2.91. The molecule has 0 aromatic rings. The van der Waals surface area contributed by atoms with E-state index in [2.05, 4.69) is 5.32 Å². The van der Waals surface area contributed by atoms with Crippen LogP contribution in [-0.4, -0.2) is 34.1 Å². The summed E-state index contributed by atoms with van der Waals surface area (Å²) in [5, 5.41) is 11.8. The summed E-state index contributed by atoms with van der Waals surface area (Å²) in [7, 11) is 0. The van der Waals surface area contributed by atoms with Gasteiger partial charge >= 0.3 is 12.1 Å². The topological polar surface area (TPSA) is 84.9 Å². The summed E-state index contributed by atoms with van der Waals surface area (Å²) in [5.74, 6) is -1.24. The first-order valence-corrected chi connectivity index (χ1v) is 6.76. The first kappa shape index (κ1) is 18.7. The maximum Gasteiger partial charge on any atom is 0.410 e. The molecule has 0 fully saturated rings. The Kier molecular flexibility index (Phi) is 6.02. The van der Waals surface area contributed by atoms with Crippen LogP contribution in [-0.2, 0) is 14.3 Å². The van der Waals surface area contributed by atoms with E-state index in [4.69, 9.17) is 9.47 Å². The second kappa shape index (κ2) is 6.43. The highest BCUT2D eigenvalue weighted by molar-refractivity contribution is 5.83. The molecule has 118 valence electrons. The minimum atomic E-state index is -1.78. The van der Waals surface area contributed by atoms with Crippen LogP contribution >= 0.6 is 0 Å². The van der Waals surface area contributed by atoms with E-state index in [0.717, 1.165) is 0 Å². The van der Waals surface area contributed by atoms with Gasteiger partial charge in [0.25, 0.3) is 0 Å². The lowest BCUT2D eigenvalue weighted by molar-refractivity contribution is -0.193. The number of carbonyl (C=O) groups excluding carboxylic acids is 1. The standard InChI is InChI=1S/C14H27NO5/c1-8-9-14(10(16)17,20-13(5,6)7)15-11(18)19-12(2,3)4/h8-9H2,1-7H3,(H,15,18)(H,16,17). The zero-order valence-electron chi connectivity index (χ0n) is 13.5. The molecule has 0 aliphatic heterocycles. The van der Waals surface area contributed by atoms with Crippen LogP contribution < -0.4 is 5.32 Å². The molecule has 6 nitrogen and oxygen atoms in total. The zero-order valence-corrected chi connectivity index (χ0v) is 13.5. The number of carbonyl (C=O) groups is 2. The van der Waals surface area contributed by atoms with E-state index >= 15 is 0 Å². The highest BCUT2D eigenvalue weighted by Crippen LogP contribution is 2.24. The lowest BCUT2D eigenvalue weighted by Gasteiger charge is -2.36. The van der Waals surface area contributed by atoms with Gasteiger partial charge in [-0.05, 0) is 41.5 Å². The normalized spacial score (nSPS) is 15.3. The van der Waals surface area contributed by atoms with Crippen LogP contribution in [0.5, 0.6) is 0 Å². The van der Waals surface area contributed by atoms with Crippen molar-refractivity contribution in [2.75, 3.05) is 0 Å². The first-order valence-electron chi connectivity index (χ1n) is 6.76. The van der Waals surface area contributed by atoms with E-state index in [1.54, 1.807) is 41.5 Å². The van der Waals surface area contributed by atoms with Crippen LogP contribution in [0.15, 0.2) is 0 Å². The molecule has 0 aromatic carbocycles. The fraction of sp³-hybridized carbons (Fsp3) is 0.857. The fourth-order valence-electron chi connectivity index (χ4n) is 1.69. The monoisotopic (exact) mass is 289 g/mol. The van der Waals surface area contributed by atoms with E-state index < -0.39 is 29.0 Å². The number of amides is 1. The third-order valence-corrected chi connectivity index (χ3v) is 2.13. The lowest BCUT2D eigenvalue weighted by atomic mass is 10.1. The fourth-order valence-corrected chi connectivity index (χ4v) is 1.69. The molecule has 0 heterocycles. The highest BCUT2D eigenvalue weighted by Gasteiger charge is 2.44. The molecule has 0 saturated heterocycles. The van der Waals surface area contributed by atoms with Crippen LogP contribution in [0.3, 0.4) is 0 Å². The van der Waals surface area contributed by atoms with Gasteiger partial charge in [0.15, 0.2) is 0 Å². The molecule has 0 aliphatic carbocycles. The SMILES string of the molecule is CCCC(NC(=O)OC(C)(C)C)(OC(C)(C)C)C(=O)O. The van der Waals surface area contributed by atoms with E-state index in [9.17, 15) is 14.7 Å². The van der Waals surface area contributed by atoms with Crippen LogP contribution in [0.1, 0.15) is 61.3 Å². The molecule has 2 N–H and O–H groups in total. The summed E-state index contributed by atoms with van der Waals surface area (Å²) >= 11 is 0. The van der Waals surface area contributed by atoms with E-state index in [0.29, 0.717) is 6.42 Å². The summed E-state index contributed by atoms with van der Waals surface area (Å²) in [6, 6.07) is 0. The summed E-state index contributed by atoms with van der Waals surface area (Å²) in [5.41, 5.74) is -3.21. The third kappa shape index (κ3) is 6.75. The Morgan fingerprint density at radius 3 is 1.85 bits per heavy atom. The van der Waals surface area contributed by atoms with Crippen molar-refractivity contribution in [3.63, 3.8) is 0 Å². The highest BCUT2D eigenvalue weighted by atomic mass is 16.6. The molecule has 0 radical (unpaired) electrons. The Balaban J connectivity index is 5.20. The Labute approximate surface area is 120 Å². The van der Waals surface area contributed by atoms with Crippen molar-refractivity contribution >= 4 is 12.1 Å². The maximum absolute atomic E-state index is 11.9. The van der Waals surface area contributed by atoms with Crippen LogP contribution in [0.25, 0.3) is 0 Å². The largest absolute Gasteiger partial charge is 0.478 e. The maximum atomic E-state index is 11.9. The lowest BCUT2D eigenvalue weighted by Crippen LogP contribution is -2.59. The number of carboxylic acid groups (broad SMARTS) is 1. The number of hydrogen-bond acceptors (Lipinski definition) is 4. The Morgan fingerprint density at radius 1 is 1.05 bits per heavy atom. The number of hydrogen-bond donors (Lipinski definition) is 2. The van der Waals surface area contributed by atoms with E-state index in [1.165, 1.54) is 0 Å². The van der Waals surface area contributed by atoms with Gasteiger partial charge in [0, 0.05) is 6.42 Å². The van der Waals surface area contributed by atoms with Crippen molar-refractivity contribution in [1.29, 1.82) is 0 Å². The summed E-state index contributed by atoms with van der Waals surface area (Å²) in [4.78, 5) is 23.5. The third-order valence-electron chi connectivity index (χ3n) is 2.13. The van der Waals surface area contributed by atoms with Crippen molar-refractivity contribution in [3.05, 3.63) is 0 Å². The number of ether oxygens (including phenoxy) is 2. The summed E-state index contributed by atoms with van der Waals surface area (Å²) in [6.07, 6.45) is -0.116. The van der Waals surface area contributed by atoms with Crippen molar-refractivity contribution < 1.29 is 24.2 Å². The molecule has 0 saturated carbocycles. The van der Waals surface area contributed by atoms with Gasteiger partial charge in [0.05, 0.1) is 5.60 Å². The Morgan fingerprint density at radius 2 is 1.55 bits per heavy atom. The number of rotatable bonds is 5.